The van der Waals surface area contributed by atoms with Crippen molar-refractivity contribution in [1.29, 1.82) is 0 Å². The second kappa shape index (κ2) is 8.43. The van der Waals surface area contributed by atoms with Gasteiger partial charge in [-0.05, 0) is 42.3 Å². The van der Waals surface area contributed by atoms with Gasteiger partial charge in [0.05, 0.1) is 5.56 Å². The molecule has 162 valence electrons. The Morgan fingerprint density at radius 3 is 2.12 bits per heavy atom. The molecule has 2 N–H and O–H groups in total. The summed E-state index contributed by atoms with van der Waals surface area (Å²) in [5.74, 6) is 0.00140. The van der Waals surface area contributed by atoms with E-state index in [9.17, 15) is 4.79 Å². The second-order valence-corrected chi connectivity index (χ2v) is 7.34. The normalized spacial score (nSPS) is 10.8. The van der Waals surface area contributed by atoms with Crippen molar-refractivity contribution in [1.82, 2.24) is 15.4 Å². The van der Waals surface area contributed by atoms with Gasteiger partial charge >= 0.3 is 12.0 Å². The van der Waals surface area contributed by atoms with Crippen molar-refractivity contribution in [3.63, 3.8) is 0 Å². The Morgan fingerprint density at radius 2 is 1.45 bits per heavy atom. The Balaban J connectivity index is 1.39. The monoisotopic (exact) mass is 438 g/mol. The van der Waals surface area contributed by atoms with Crippen LogP contribution in [0.25, 0.3) is 33.9 Å². The Bertz CT molecular complexity index is 1410. The van der Waals surface area contributed by atoms with Crippen molar-refractivity contribution in [2.45, 2.75) is 6.92 Å². The van der Waals surface area contributed by atoms with Crippen LogP contribution in [0.15, 0.2) is 87.8 Å². The van der Waals surface area contributed by atoms with E-state index >= 15 is 0 Å². The Morgan fingerprint density at radius 1 is 0.818 bits per heavy atom. The molecule has 8 heteroatoms. The van der Waals surface area contributed by atoms with Gasteiger partial charge in [-0.15, -0.1) is 5.10 Å². The predicted molar refractivity (Wildman–Crippen MR) is 122 cm³/mol. The fourth-order valence-electron chi connectivity index (χ4n) is 3.41. The number of rotatable bonds is 6. The lowest BCUT2D eigenvalue weighted by Gasteiger charge is -2.05. The Kier molecular flexibility index (Phi) is 5.16. The summed E-state index contributed by atoms with van der Waals surface area (Å²) < 4.78 is 11.3. The number of aryl methyl sites for hydroxylation is 1. The third-order valence-corrected chi connectivity index (χ3v) is 5.15. The van der Waals surface area contributed by atoms with Gasteiger partial charge in [0.15, 0.2) is 5.76 Å². The summed E-state index contributed by atoms with van der Waals surface area (Å²) in [6.45, 7) is 1.82. The smallest absolute Gasteiger partial charge is 0.335 e. The van der Waals surface area contributed by atoms with Crippen LogP contribution in [0.5, 0.6) is 0 Å². The lowest BCUT2D eigenvalue weighted by Crippen LogP contribution is -1.95. The van der Waals surface area contributed by atoms with Crippen molar-refractivity contribution < 1.29 is 18.8 Å². The van der Waals surface area contributed by atoms with Crippen molar-refractivity contribution in [3.05, 3.63) is 90.1 Å². The minimum absolute atomic E-state index is 0.233. The molecule has 0 amide bonds. The molecule has 0 saturated heterocycles. The number of nitrogens with one attached hydrogen (secondary N) is 1. The first kappa shape index (κ1) is 20.2. The van der Waals surface area contributed by atoms with E-state index in [4.69, 9.17) is 14.0 Å². The third kappa shape index (κ3) is 4.09. The SMILES string of the molecule is Cc1noc(-c2ccc(-c3ccc(C(=O)O)cc3)cc2)c1Nc1nnc(-c2ccccc2)o1. The molecule has 33 heavy (non-hydrogen) atoms. The fraction of sp³-hybridized carbons (Fsp3) is 0.0400. The molecule has 5 aromatic rings. The first-order chi connectivity index (χ1) is 16.1. The minimum atomic E-state index is -0.949. The van der Waals surface area contributed by atoms with E-state index in [1.807, 2.05) is 61.5 Å². The van der Waals surface area contributed by atoms with Gasteiger partial charge in [-0.1, -0.05) is 64.9 Å². The zero-order valence-corrected chi connectivity index (χ0v) is 17.5. The summed E-state index contributed by atoms with van der Waals surface area (Å²) in [7, 11) is 0. The van der Waals surface area contributed by atoms with Crippen molar-refractivity contribution in [2.75, 3.05) is 5.32 Å². The zero-order valence-electron chi connectivity index (χ0n) is 17.5. The molecule has 2 heterocycles. The molecule has 2 aromatic heterocycles. The molecule has 8 nitrogen and oxygen atoms in total. The van der Waals surface area contributed by atoms with Gasteiger partial charge in [-0.3, -0.25) is 0 Å². The van der Waals surface area contributed by atoms with E-state index in [1.54, 1.807) is 24.3 Å². The standard InChI is InChI=1S/C25H18N4O4/c1-15-21(26-25-28-27-23(32-25)19-5-3-2-4-6-19)22(33-29-15)18-11-7-16(8-12-18)17-9-13-20(14-10-17)24(30)31/h2-14H,1H3,(H,26,28)(H,30,31). The molecule has 0 atom stereocenters. The number of nitrogens with zero attached hydrogens (tertiary/aromatic N) is 3. The third-order valence-electron chi connectivity index (χ3n) is 5.15. The lowest BCUT2D eigenvalue weighted by atomic mass is 10.0. The van der Waals surface area contributed by atoms with Gasteiger partial charge in [0, 0.05) is 11.1 Å². The largest absolute Gasteiger partial charge is 0.478 e. The Labute approximate surface area is 188 Å². The number of carbonyl (C=O) groups is 1. The van der Waals surface area contributed by atoms with E-state index in [0.717, 1.165) is 22.3 Å². The number of hydrogen-bond donors (Lipinski definition) is 2. The summed E-state index contributed by atoms with van der Waals surface area (Å²) in [5, 5.41) is 24.4. The number of carboxylic acids is 1. The van der Waals surface area contributed by atoms with Gasteiger partial charge in [0.1, 0.15) is 11.4 Å². The topological polar surface area (TPSA) is 114 Å². The lowest BCUT2D eigenvalue weighted by molar-refractivity contribution is 0.0697. The van der Waals surface area contributed by atoms with E-state index < -0.39 is 5.97 Å². The molecule has 0 aliphatic rings. The van der Waals surface area contributed by atoms with Crippen molar-refractivity contribution in [2.24, 2.45) is 0 Å². The number of anilines is 2. The van der Waals surface area contributed by atoms with E-state index in [-0.39, 0.29) is 11.6 Å². The van der Waals surface area contributed by atoms with Crippen LogP contribution in [-0.4, -0.2) is 26.4 Å². The number of benzene rings is 3. The Hall–Kier alpha value is -4.72. The van der Waals surface area contributed by atoms with Gasteiger partial charge in [-0.25, -0.2) is 4.79 Å². The minimum Gasteiger partial charge on any atom is -0.478 e. The van der Waals surface area contributed by atoms with Gasteiger partial charge < -0.3 is 19.4 Å². The van der Waals surface area contributed by atoms with Crippen molar-refractivity contribution >= 4 is 17.7 Å². The van der Waals surface area contributed by atoms with Crippen LogP contribution in [0, 0.1) is 6.92 Å². The van der Waals surface area contributed by atoms with E-state index in [2.05, 4.69) is 20.7 Å². The summed E-state index contributed by atoms with van der Waals surface area (Å²) in [6, 6.07) is 24.2. The highest BCUT2D eigenvalue weighted by atomic mass is 16.5. The van der Waals surface area contributed by atoms with Gasteiger partial charge in [-0.2, -0.15) is 0 Å². The first-order valence-corrected chi connectivity index (χ1v) is 10.1. The second-order valence-electron chi connectivity index (χ2n) is 7.34. The first-order valence-electron chi connectivity index (χ1n) is 10.1. The molecule has 0 spiro atoms. The highest BCUT2D eigenvalue weighted by Crippen LogP contribution is 2.34. The van der Waals surface area contributed by atoms with Crippen LogP contribution in [0.2, 0.25) is 0 Å². The average Bonchev–Trinajstić information content (AvgIpc) is 3.47. The number of carboxylic acid groups (broad SMARTS) is 1. The molecule has 0 radical (unpaired) electrons. The van der Waals surface area contributed by atoms with Crippen LogP contribution in [-0.2, 0) is 0 Å². The number of aromatic carboxylic acids is 1. The molecule has 3 aromatic carbocycles. The summed E-state index contributed by atoms with van der Waals surface area (Å²) in [6.07, 6.45) is 0. The van der Waals surface area contributed by atoms with E-state index in [0.29, 0.717) is 23.0 Å². The molecule has 0 fully saturated rings. The maximum absolute atomic E-state index is 11.1. The quantitative estimate of drug-likeness (QED) is 0.341. The molecule has 0 saturated carbocycles. The summed E-state index contributed by atoms with van der Waals surface area (Å²) >= 11 is 0. The highest BCUT2D eigenvalue weighted by molar-refractivity contribution is 5.88. The number of hydrogen-bond acceptors (Lipinski definition) is 7. The molecule has 0 unspecified atom stereocenters. The summed E-state index contributed by atoms with van der Waals surface area (Å²) in [4.78, 5) is 11.1. The van der Waals surface area contributed by atoms with Crippen LogP contribution >= 0.6 is 0 Å². The molecular weight excluding hydrogens is 420 g/mol. The van der Waals surface area contributed by atoms with Gasteiger partial charge in [0.25, 0.3) is 0 Å². The van der Waals surface area contributed by atoms with Crippen LogP contribution in [0.3, 0.4) is 0 Å². The molecule has 0 aliphatic carbocycles. The molecule has 0 aliphatic heterocycles. The molecule has 5 rings (SSSR count). The fourth-order valence-corrected chi connectivity index (χ4v) is 3.41. The maximum atomic E-state index is 11.1. The van der Waals surface area contributed by atoms with Crippen LogP contribution in [0.1, 0.15) is 16.1 Å². The van der Waals surface area contributed by atoms with Crippen LogP contribution in [0.4, 0.5) is 11.7 Å². The predicted octanol–water partition coefficient (Wildman–Crippen LogP) is 5.81. The maximum Gasteiger partial charge on any atom is 0.335 e. The van der Waals surface area contributed by atoms with Crippen molar-refractivity contribution in [3.8, 4) is 33.9 Å². The summed E-state index contributed by atoms with van der Waals surface area (Å²) in [5.41, 5.74) is 5.04. The highest BCUT2D eigenvalue weighted by Gasteiger charge is 2.18. The number of aromatic nitrogens is 3. The van der Waals surface area contributed by atoms with E-state index in [1.165, 1.54) is 0 Å². The van der Waals surface area contributed by atoms with Crippen LogP contribution < -0.4 is 5.32 Å². The molecule has 0 bridgehead atoms. The zero-order chi connectivity index (χ0) is 22.8. The molecular formula is C25H18N4O4. The average molecular weight is 438 g/mol. The van der Waals surface area contributed by atoms with Gasteiger partial charge in [0.2, 0.25) is 5.89 Å².